The van der Waals surface area contributed by atoms with E-state index in [1.807, 2.05) is 32.9 Å². The van der Waals surface area contributed by atoms with E-state index in [2.05, 4.69) is 10.6 Å². The van der Waals surface area contributed by atoms with Crippen molar-refractivity contribution in [1.29, 1.82) is 0 Å². The van der Waals surface area contributed by atoms with Gasteiger partial charge in [-0.3, -0.25) is 14.5 Å². The first kappa shape index (κ1) is 28.4. The minimum atomic E-state index is -1.21. The van der Waals surface area contributed by atoms with Crippen LogP contribution in [0.4, 0.5) is 16.2 Å². The molecule has 0 saturated carbocycles. The normalized spacial score (nSPS) is 11.8. The summed E-state index contributed by atoms with van der Waals surface area (Å²) in [5.74, 6) is -1.72. The molecule has 36 heavy (non-hydrogen) atoms. The van der Waals surface area contributed by atoms with Gasteiger partial charge in [-0.2, -0.15) is 0 Å². The van der Waals surface area contributed by atoms with Gasteiger partial charge in [-0.25, -0.2) is 9.59 Å². The molecule has 9 heteroatoms. The zero-order valence-corrected chi connectivity index (χ0v) is 22.1. The molecular formula is C27H35N3O6. The number of nitrogens with one attached hydrogen (secondary N) is 2. The van der Waals surface area contributed by atoms with Crippen LogP contribution in [0.1, 0.15) is 54.7 Å². The minimum Gasteiger partial charge on any atom is -0.465 e. The number of anilines is 2. The predicted octanol–water partition coefficient (Wildman–Crippen LogP) is 4.28. The van der Waals surface area contributed by atoms with Crippen LogP contribution in [-0.4, -0.2) is 49.2 Å². The average molecular weight is 498 g/mol. The number of benzene rings is 2. The van der Waals surface area contributed by atoms with Gasteiger partial charge in [0.2, 0.25) is 11.8 Å². The van der Waals surface area contributed by atoms with Gasteiger partial charge < -0.3 is 20.1 Å². The fraction of sp³-hybridized carbons (Fsp3) is 0.407. The van der Waals surface area contributed by atoms with Gasteiger partial charge in [-0.15, -0.1) is 0 Å². The number of rotatable bonds is 7. The highest BCUT2D eigenvalue weighted by Crippen LogP contribution is 2.26. The third kappa shape index (κ3) is 7.31. The number of methoxy groups -OCH3 is 1. The SMILES string of the molecule is COC(=O)c1ccccc1N(C(C)=O)C(CNC(=O)OC(C)(C)C)C(=O)Nc1c(C)cc(C)cc1C. The zero-order chi connectivity index (χ0) is 27.2. The average Bonchev–Trinajstić information content (AvgIpc) is 2.76. The summed E-state index contributed by atoms with van der Waals surface area (Å²) in [5.41, 5.74) is 2.89. The number of hydrogen-bond donors (Lipinski definition) is 2. The summed E-state index contributed by atoms with van der Waals surface area (Å²) in [5, 5.41) is 5.48. The van der Waals surface area contributed by atoms with Crippen LogP contribution in [0.3, 0.4) is 0 Å². The predicted molar refractivity (Wildman–Crippen MR) is 138 cm³/mol. The molecule has 2 aromatic carbocycles. The van der Waals surface area contributed by atoms with Crippen molar-refractivity contribution in [3.8, 4) is 0 Å². The van der Waals surface area contributed by atoms with Gasteiger partial charge >= 0.3 is 12.1 Å². The number of aryl methyl sites for hydroxylation is 3. The first-order valence-electron chi connectivity index (χ1n) is 11.6. The Morgan fingerprint density at radius 3 is 2.11 bits per heavy atom. The summed E-state index contributed by atoms with van der Waals surface area (Å²) in [4.78, 5) is 52.6. The third-order valence-corrected chi connectivity index (χ3v) is 5.29. The molecule has 194 valence electrons. The molecule has 0 radical (unpaired) electrons. The van der Waals surface area contributed by atoms with Crippen molar-refractivity contribution >= 4 is 35.3 Å². The number of alkyl carbamates (subject to hydrolysis) is 1. The Hall–Kier alpha value is -3.88. The largest absolute Gasteiger partial charge is 0.465 e. The fourth-order valence-electron chi connectivity index (χ4n) is 3.90. The number of esters is 1. The molecule has 0 saturated heterocycles. The number of carbonyl (C=O) groups excluding carboxylic acids is 4. The van der Waals surface area contributed by atoms with E-state index in [-0.39, 0.29) is 17.8 Å². The molecule has 0 fully saturated rings. The molecule has 3 amide bonds. The molecule has 0 aromatic heterocycles. The number of nitrogens with zero attached hydrogens (tertiary/aromatic N) is 1. The summed E-state index contributed by atoms with van der Waals surface area (Å²) in [6.45, 7) is 11.9. The van der Waals surface area contributed by atoms with Gasteiger partial charge in [0.05, 0.1) is 24.9 Å². The Balaban J connectivity index is 2.53. The smallest absolute Gasteiger partial charge is 0.407 e. The van der Waals surface area contributed by atoms with Crippen molar-refractivity contribution in [1.82, 2.24) is 5.32 Å². The van der Waals surface area contributed by atoms with E-state index >= 15 is 0 Å². The molecule has 0 aliphatic heterocycles. The molecule has 1 atom stereocenters. The molecular weight excluding hydrogens is 462 g/mol. The maximum Gasteiger partial charge on any atom is 0.407 e. The Morgan fingerprint density at radius 2 is 1.58 bits per heavy atom. The van der Waals surface area contributed by atoms with Crippen LogP contribution in [-0.2, 0) is 19.1 Å². The van der Waals surface area contributed by atoms with Crippen LogP contribution in [0.2, 0.25) is 0 Å². The zero-order valence-electron chi connectivity index (χ0n) is 22.1. The van der Waals surface area contributed by atoms with E-state index in [0.29, 0.717) is 5.69 Å². The standard InChI is InChI=1S/C27H35N3O6/c1-16-13-17(2)23(18(3)14-16)29-24(32)22(15-28-26(34)36-27(5,6)7)30(19(4)31)21-12-10-9-11-20(21)25(33)35-8/h9-14,22H,15H2,1-8H3,(H,28,34)(H,29,32). The van der Waals surface area contributed by atoms with Crippen molar-refractivity contribution in [3.05, 3.63) is 58.7 Å². The molecule has 1 unspecified atom stereocenters. The lowest BCUT2D eigenvalue weighted by atomic mass is 10.0. The van der Waals surface area contributed by atoms with E-state index < -0.39 is 35.5 Å². The van der Waals surface area contributed by atoms with Crippen molar-refractivity contribution in [2.24, 2.45) is 0 Å². The Bertz CT molecular complexity index is 1130. The van der Waals surface area contributed by atoms with Crippen LogP contribution in [0.5, 0.6) is 0 Å². The summed E-state index contributed by atoms with van der Waals surface area (Å²) in [7, 11) is 1.23. The van der Waals surface area contributed by atoms with E-state index in [4.69, 9.17) is 9.47 Å². The number of para-hydroxylation sites is 1. The molecule has 0 aliphatic carbocycles. The summed E-state index contributed by atoms with van der Waals surface area (Å²) >= 11 is 0. The summed E-state index contributed by atoms with van der Waals surface area (Å²) in [6, 6.07) is 8.98. The van der Waals surface area contributed by atoms with Gasteiger partial charge in [-0.1, -0.05) is 29.8 Å². The maximum absolute atomic E-state index is 13.7. The second-order valence-electron chi connectivity index (χ2n) is 9.56. The van der Waals surface area contributed by atoms with Crippen molar-refractivity contribution < 1.29 is 28.7 Å². The highest BCUT2D eigenvalue weighted by Gasteiger charge is 2.33. The fourth-order valence-corrected chi connectivity index (χ4v) is 3.90. The molecule has 0 spiro atoms. The summed E-state index contributed by atoms with van der Waals surface area (Å²) in [6.07, 6.45) is -0.743. The quantitative estimate of drug-likeness (QED) is 0.552. The lowest BCUT2D eigenvalue weighted by Crippen LogP contribution is -2.53. The molecule has 2 aromatic rings. The molecule has 2 rings (SSSR count). The number of carbonyl (C=O) groups is 4. The van der Waals surface area contributed by atoms with Gasteiger partial charge in [0, 0.05) is 12.6 Å². The number of hydrogen-bond acceptors (Lipinski definition) is 6. The van der Waals surface area contributed by atoms with Gasteiger partial charge in [-0.05, 0) is 64.8 Å². The van der Waals surface area contributed by atoms with Crippen LogP contribution < -0.4 is 15.5 Å². The van der Waals surface area contributed by atoms with Crippen LogP contribution in [0.15, 0.2) is 36.4 Å². The van der Waals surface area contributed by atoms with Crippen molar-refractivity contribution in [2.75, 3.05) is 23.9 Å². The van der Waals surface area contributed by atoms with Crippen LogP contribution in [0, 0.1) is 20.8 Å². The van der Waals surface area contributed by atoms with Gasteiger partial charge in [0.15, 0.2) is 0 Å². The van der Waals surface area contributed by atoms with Crippen LogP contribution >= 0.6 is 0 Å². The maximum atomic E-state index is 13.7. The van der Waals surface area contributed by atoms with E-state index in [1.54, 1.807) is 39.0 Å². The van der Waals surface area contributed by atoms with E-state index in [9.17, 15) is 19.2 Å². The second-order valence-corrected chi connectivity index (χ2v) is 9.56. The van der Waals surface area contributed by atoms with Crippen molar-refractivity contribution in [3.63, 3.8) is 0 Å². The molecule has 2 N–H and O–H groups in total. The lowest BCUT2D eigenvalue weighted by molar-refractivity contribution is -0.122. The Kier molecular flexibility index (Phi) is 9.22. The van der Waals surface area contributed by atoms with Crippen molar-refractivity contribution in [2.45, 2.75) is 60.1 Å². The highest BCUT2D eigenvalue weighted by molar-refractivity contribution is 6.08. The molecule has 0 aliphatic rings. The Morgan fingerprint density at radius 1 is 1.00 bits per heavy atom. The highest BCUT2D eigenvalue weighted by atomic mass is 16.6. The number of amides is 3. The molecule has 0 bridgehead atoms. The Labute approximate surface area is 212 Å². The topological polar surface area (TPSA) is 114 Å². The first-order valence-corrected chi connectivity index (χ1v) is 11.6. The van der Waals surface area contributed by atoms with Gasteiger partial charge in [0.1, 0.15) is 11.6 Å². The van der Waals surface area contributed by atoms with E-state index in [1.165, 1.54) is 25.0 Å². The third-order valence-electron chi connectivity index (χ3n) is 5.29. The monoisotopic (exact) mass is 497 g/mol. The molecule has 0 heterocycles. The summed E-state index contributed by atoms with van der Waals surface area (Å²) < 4.78 is 10.2. The first-order chi connectivity index (χ1) is 16.7. The number of ether oxygens (including phenoxy) is 2. The second kappa shape index (κ2) is 11.7. The van der Waals surface area contributed by atoms with E-state index in [0.717, 1.165) is 16.7 Å². The van der Waals surface area contributed by atoms with Gasteiger partial charge in [0.25, 0.3) is 0 Å². The lowest BCUT2D eigenvalue weighted by Gasteiger charge is -2.32. The minimum absolute atomic E-state index is 0.105. The molecule has 9 nitrogen and oxygen atoms in total. The van der Waals surface area contributed by atoms with Crippen LogP contribution in [0.25, 0.3) is 0 Å².